The van der Waals surface area contributed by atoms with Crippen LogP contribution in [0.25, 0.3) is 0 Å². The molecule has 0 unspecified atom stereocenters. The fraction of sp³-hybridized carbons (Fsp3) is 0.571. The molecule has 1 aromatic rings. The van der Waals surface area contributed by atoms with Crippen molar-refractivity contribution in [3.05, 3.63) is 30.1 Å². The lowest BCUT2D eigenvalue weighted by Gasteiger charge is -2.31. The number of pyridine rings is 1. The zero-order chi connectivity index (χ0) is 13.5. The molecule has 1 saturated heterocycles. The van der Waals surface area contributed by atoms with Gasteiger partial charge in [-0.15, -0.1) is 0 Å². The second kappa shape index (κ2) is 7.21. The number of nitrogens with one attached hydrogen (secondary N) is 1. The number of hydrogen-bond acceptors (Lipinski definition) is 4. The van der Waals surface area contributed by atoms with Crippen molar-refractivity contribution in [3.63, 3.8) is 0 Å². The van der Waals surface area contributed by atoms with Crippen LogP contribution in [0.2, 0.25) is 0 Å². The number of ether oxygens (including phenoxy) is 2. The molecule has 5 nitrogen and oxygen atoms in total. The zero-order valence-corrected chi connectivity index (χ0v) is 11.2. The van der Waals surface area contributed by atoms with Crippen LogP contribution in [0, 0.1) is 0 Å². The third kappa shape index (κ3) is 4.29. The van der Waals surface area contributed by atoms with E-state index < -0.39 is 0 Å². The van der Waals surface area contributed by atoms with Crippen LogP contribution in [0.3, 0.4) is 0 Å². The van der Waals surface area contributed by atoms with Crippen LogP contribution in [-0.2, 0) is 20.7 Å². The Bertz CT molecular complexity index is 397. The van der Waals surface area contributed by atoms with Gasteiger partial charge in [0.05, 0.1) is 18.8 Å². The van der Waals surface area contributed by atoms with E-state index in [1.165, 1.54) is 0 Å². The van der Waals surface area contributed by atoms with E-state index in [2.05, 4.69) is 10.3 Å². The molecule has 19 heavy (non-hydrogen) atoms. The molecule has 5 heteroatoms. The van der Waals surface area contributed by atoms with Crippen LogP contribution in [-0.4, -0.2) is 43.4 Å². The number of carbonyl (C=O) groups excluding carboxylic acids is 1. The molecule has 0 bridgehead atoms. The smallest absolute Gasteiger partial charge is 0.220 e. The maximum Gasteiger partial charge on any atom is 0.220 e. The van der Waals surface area contributed by atoms with E-state index >= 15 is 0 Å². The first kappa shape index (κ1) is 14.0. The lowest BCUT2D eigenvalue weighted by atomic mass is 10.1. The number of nitrogens with zero attached hydrogens (tertiary/aromatic N) is 1. The Balaban J connectivity index is 1.77. The predicted molar refractivity (Wildman–Crippen MR) is 70.7 cm³/mol. The molecule has 0 aromatic carbocycles. The molecule has 2 heterocycles. The maximum atomic E-state index is 11.9. The molecule has 0 saturated carbocycles. The van der Waals surface area contributed by atoms with Gasteiger partial charge < -0.3 is 14.8 Å². The first-order valence-electron chi connectivity index (χ1n) is 6.58. The van der Waals surface area contributed by atoms with E-state index in [0.717, 1.165) is 18.4 Å². The highest BCUT2D eigenvalue weighted by Crippen LogP contribution is 2.11. The number of methoxy groups -OCH3 is 1. The summed E-state index contributed by atoms with van der Waals surface area (Å²) in [5.41, 5.74) is 1.12. The number of rotatable bonds is 5. The Hall–Kier alpha value is -1.46. The van der Waals surface area contributed by atoms with Gasteiger partial charge in [-0.05, 0) is 30.5 Å². The maximum absolute atomic E-state index is 11.9. The molecule has 0 radical (unpaired) electrons. The summed E-state index contributed by atoms with van der Waals surface area (Å²) >= 11 is 0. The second-order valence-electron chi connectivity index (χ2n) is 4.67. The fourth-order valence-corrected chi connectivity index (χ4v) is 2.22. The van der Waals surface area contributed by atoms with Crippen molar-refractivity contribution in [1.29, 1.82) is 0 Å². The average molecular weight is 264 g/mol. The Labute approximate surface area is 113 Å². The summed E-state index contributed by atoms with van der Waals surface area (Å²) in [5.74, 6) is 0.0364. The zero-order valence-electron chi connectivity index (χ0n) is 11.2. The first-order valence-corrected chi connectivity index (χ1v) is 6.58. The fourth-order valence-electron chi connectivity index (χ4n) is 2.22. The number of aromatic nitrogens is 1. The number of hydrogen-bond donors (Lipinski definition) is 1. The molecule has 1 aliphatic heterocycles. The van der Waals surface area contributed by atoms with E-state index in [0.29, 0.717) is 19.6 Å². The van der Waals surface area contributed by atoms with Gasteiger partial charge in [-0.25, -0.2) is 0 Å². The third-order valence-electron chi connectivity index (χ3n) is 3.33. The lowest BCUT2D eigenvalue weighted by Crippen LogP contribution is -2.50. The molecule has 104 valence electrons. The van der Waals surface area contributed by atoms with Crippen molar-refractivity contribution in [1.82, 2.24) is 10.3 Å². The van der Waals surface area contributed by atoms with Crippen molar-refractivity contribution >= 4 is 5.91 Å². The summed E-state index contributed by atoms with van der Waals surface area (Å²) in [6.07, 6.45) is 5.55. The van der Waals surface area contributed by atoms with Crippen LogP contribution in [0.15, 0.2) is 24.5 Å². The number of amides is 1. The van der Waals surface area contributed by atoms with Gasteiger partial charge in [0.25, 0.3) is 0 Å². The molecule has 0 aliphatic carbocycles. The minimum Gasteiger partial charge on any atom is -0.379 e. The standard InChI is InChI=1S/C14H20N2O3/c1-18-13-6-9-19-10-12(13)16-14(17)3-2-11-4-7-15-8-5-11/h4-5,7-8,12-13H,2-3,6,9-10H2,1H3,(H,16,17)/t12-,13-/m1/s1. The van der Waals surface area contributed by atoms with Gasteiger partial charge in [-0.1, -0.05) is 0 Å². The summed E-state index contributed by atoms with van der Waals surface area (Å²) in [6.45, 7) is 1.22. The predicted octanol–water partition coefficient (Wildman–Crippen LogP) is 0.934. The van der Waals surface area contributed by atoms with Gasteiger partial charge in [0, 0.05) is 32.5 Å². The molecule has 2 rings (SSSR count). The minimum absolute atomic E-state index is 0.0364. The summed E-state index contributed by atoms with van der Waals surface area (Å²) in [7, 11) is 1.67. The van der Waals surface area contributed by atoms with Crippen LogP contribution in [0.5, 0.6) is 0 Å². The lowest BCUT2D eigenvalue weighted by molar-refractivity contribution is -0.125. The van der Waals surface area contributed by atoms with Gasteiger partial charge in [0.2, 0.25) is 5.91 Å². The monoisotopic (exact) mass is 264 g/mol. The second-order valence-corrected chi connectivity index (χ2v) is 4.67. The largest absolute Gasteiger partial charge is 0.379 e. The Morgan fingerprint density at radius 2 is 2.32 bits per heavy atom. The van der Waals surface area contributed by atoms with Gasteiger partial charge in [-0.3, -0.25) is 9.78 Å². The molecule has 1 aliphatic rings. The van der Waals surface area contributed by atoms with Gasteiger partial charge >= 0.3 is 0 Å². The Morgan fingerprint density at radius 1 is 1.53 bits per heavy atom. The quantitative estimate of drug-likeness (QED) is 0.859. The van der Waals surface area contributed by atoms with E-state index in [1.54, 1.807) is 19.5 Å². The topological polar surface area (TPSA) is 60.5 Å². The first-order chi connectivity index (χ1) is 9.29. The summed E-state index contributed by atoms with van der Waals surface area (Å²) < 4.78 is 10.7. The SMILES string of the molecule is CO[C@@H]1CCOC[C@H]1NC(=O)CCc1ccncc1. The molecule has 1 N–H and O–H groups in total. The van der Waals surface area contributed by atoms with Gasteiger partial charge in [0.1, 0.15) is 0 Å². The summed E-state index contributed by atoms with van der Waals surface area (Å²) in [6, 6.07) is 3.81. The summed E-state index contributed by atoms with van der Waals surface area (Å²) in [4.78, 5) is 15.9. The van der Waals surface area contributed by atoms with Crippen LogP contribution in [0.4, 0.5) is 0 Å². The van der Waals surface area contributed by atoms with Crippen molar-refractivity contribution in [2.24, 2.45) is 0 Å². The number of aryl methyl sites for hydroxylation is 1. The molecular weight excluding hydrogens is 244 g/mol. The van der Waals surface area contributed by atoms with Crippen molar-refractivity contribution in [2.75, 3.05) is 20.3 Å². The molecule has 1 aromatic heterocycles. The molecular formula is C14H20N2O3. The van der Waals surface area contributed by atoms with Gasteiger partial charge in [0.15, 0.2) is 0 Å². The Kier molecular flexibility index (Phi) is 5.30. The van der Waals surface area contributed by atoms with E-state index in [1.807, 2.05) is 12.1 Å². The molecule has 2 atom stereocenters. The average Bonchev–Trinajstić information content (AvgIpc) is 2.47. The number of carbonyl (C=O) groups is 1. The van der Waals surface area contributed by atoms with Gasteiger partial charge in [-0.2, -0.15) is 0 Å². The summed E-state index contributed by atoms with van der Waals surface area (Å²) in [5, 5.41) is 2.99. The Morgan fingerprint density at radius 3 is 3.05 bits per heavy atom. The molecule has 0 spiro atoms. The molecule has 1 fully saturated rings. The van der Waals surface area contributed by atoms with E-state index in [-0.39, 0.29) is 18.1 Å². The van der Waals surface area contributed by atoms with Crippen molar-refractivity contribution < 1.29 is 14.3 Å². The van der Waals surface area contributed by atoms with E-state index in [4.69, 9.17) is 9.47 Å². The van der Waals surface area contributed by atoms with Crippen molar-refractivity contribution in [2.45, 2.75) is 31.4 Å². The highest BCUT2D eigenvalue weighted by atomic mass is 16.5. The van der Waals surface area contributed by atoms with E-state index in [9.17, 15) is 4.79 Å². The normalized spacial score (nSPS) is 23.0. The van der Waals surface area contributed by atoms with Crippen LogP contribution >= 0.6 is 0 Å². The highest BCUT2D eigenvalue weighted by molar-refractivity contribution is 5.76. The minimum atomic E-state index is -0.0382. The van der Waals surface area contributed by atoms with Crippen molar-refractivity contribution in [3.8, 4) is 0 Å². The van der Waals surface area contributed by atoms with Crippen LogP contribution in [0.1, 0.15) is 18.4 Å². The highest BCUT2D eigenvalue weighted by Gasteiger charge is 2.26. The molecule has 1 amide bonds. The third-order valence-corrected chi connectivity index (χ3v) is 3.33. The van der Waals surface area contributed by atoms with Crippen LogP contribution < -0.4 is 5.32 Å².